The molecule has 0 saturated heterocycles. The van der Waals surface area contributed by atoms with Gasteiger partial charge in [0.05, 0.1) is 12.5 Å². The van der Waals surface area contributed by atoms with Gasteiger partial charge >= 0.3 is 0 Å². The summed E-state index contributed by atoms with van der Waals surface area (Å²) in [5, 5.41) is 0. The van der Waals surface area contributed by atoms with Crippen molar-refractivity contribution in [3.8, 4) is 5.75 Å². The first-order valence-corrected chi connectivity index (χ1v) is 5.46. The summed E-state index contributed by atoms with van der Waals surface area (Å²) in [6, 6.07) is 7.78. The predicted octanol–water partition coefficient (Wildman–Crippen LogP) is 4.00. The molecule has 0 atom stereocenters. The summed E-state index contributed by atoms with van der Waals surface area (Å²) in [7, 11) is 0. The number of rotatable bonds is 6. The number of benzene rings is 1. The Morgan fingerprint density at radius 2 is 1.93 bits per heavy atom. The fourth-order valence-corrected chi connectivity index (χ4v) is 1.32. The van der Waals surface area contributed by atoms with E-state index < -0.39 is 0 Å². The smallest absolute Gasteiger partial charge is 0.119 e. The van der Waals surface area contributed by atoms with E-state index in [1.54, 1.807) is 5.88 Å². The lowest BCUT2D eigenvalue weighted by Gasteiger charge is -2.05. The molecule has 1 aromatic carbocycles. The normalized spacial score (nSPS) is 10.1. The van der Waals surface area contributed by atoms with Crippen molar-refractivity contribution >= 4 is 11.6 Å². The van der Waals surface area contributed by atoms with Crippen molar-refractivity contribution in [3.63, 3.8) is 0 Å². The second-order valence-corrected chi connectivity index (χ2v) is 3.45. The molecule has 0 heterocycles. The first-order valence-electron chi connectivity index (χ1n) is 5.03. The Kier molecular flexibility index (Phi) is 5.46. The summed E-state index contributed by atoms with van der Waals surface area (Å²) in [4.78, 5) is 0. The zero-order valence-electron chi connectivity index (χ0n) is 8.50. The van der Waals surface area contributed by atoms with E-state index >= 15 is 0 Å². The quantitative estimate of drug-likeness (QED) is 0.647. The highest BCUT2D eigenvalue weighted by Crippen LogP contribution is 2.14. The second kappa shape index (κ2) is 6.72. The molecule has 1 aromatic rings. The van der Waals surface area contributed by atoms with Gasteiger partial charge in [0.1, 0.15) is 5.75 Å². The van der Waals surface area contributed by atoms with E-state index in [1.165, 1.54) is 12.8 Å². The van der Waals surface area contributed by atoms with E-state index in [-0.39, 0.29) is 0 Å². The predicted molar refractivity (Wildman–Crippen MR) is 60.7 cm³/mol. The average molecular weight is 212 g/mol. The lowest BCUT2D eigenvalue weighted by Crippen LogP contribution is -1.96. The third-order valence-electron chi connectivity index (χ3n) is 2.02. The van der Waals surface area contributed by atoms with Crippen molar-refractivity contribution in [1.82, 2.24) is 0 Å². The molecule has 0 unspecified atom stereocenters. The standard InChI is InChI=1S/C12H16ClO/c1-2-3-4-9-14-12-7-5-11(10-13)6-8-12/h5-8,10H,2-4,9H2,1H3. The highest BCUT2D eigenvalue weighted by molar-refractivity contribution is 6.25. The van der Waals surface area contributed by atoms with Crippen LogP contribution in [0.4, 0.5) is 0 Å². The number of unbranched alkanes of at least 4 members (excludes halogenated alkanes) is 2. The van der Waals surface area contributed by atoms with Crippen LogP contribution >= 0.6 is 11.6 Å². The molecular formula is C12H16ClO. The van der Waals surface area contributed by atoms with Crippen LogP contribution in [0.2, 0.25) is 0 Å². The zero-order valence-corrected chi connectivity index (χ0v) is 9.26. The van der Waals surface area contributed by atoms with Gasteiger partial charge in [-0.15, -0.1) is 11.6 Å². The van der Waals surface area contributed by atoms with E-state index in [9.17, 15) is 0 Å². The number of ether oxygens (including phenoxy) is 1. The van der Waals surface area contributed by atoms with Crippen molar-refractivity contribution in [2.24, 2.45) is 0 Å². The summed E-state index contributed by atoms with van der Waals surface area (Å²) < 4.78 is 5.55. The Balaban J connectivity index is 2.29. The minimum Gasteiger partial charge on any atom is -0.494 e. The molecule has 14 heavy (non-hydrogen) atoms. The summed E-state index contributed by atoms with van der Waals surface area (Å²) >= 11 is 5.56. The van der Waals surface area contributed by atoms with Crippen molar-refractivity contribution in [2.45, 2.75) is 26.2 Å². The molecule has 1 nitrogen and oxygen atoms in total. The van der Waals surface area contributed by atoms with Gasteiger partial charge in [0, 0.05) is 0 Å². The molecule has 0 saturated carbocycles. The van der Waals surface area contributed by atoms with Gasteiger partial charge in [-0.1, -0.05) is 31.9 Å². The van der Waals surface area contributed by atoms with Crippen LogP contribution in [0.5, 0.6) is 5.75 Å². The summed E-state index contributed by atoms with van der Waals surface area (Å²) in [6.07, 6.45) is 3.58. The molecule has 0 bridgehead atoms. The maximum absolute atomic E-state index is 5.56. The van der Waals surface area contributed by atoms with Crippen molar-refractivity contribution in [3.05, 3.63) is 35.7 Å². The number of halogens is 1. The summed E-state index contributed by atoms with van der Waals surface area (Å²) in [5.41, 5.74) is 1.01. The van der Waals surface area contributed by atoms with Gasteiger partial charge in [-0.25, -0.2) is 0 Å². The van der Waals surface area contributed by atoms with Gasteiger partial charge in [0.25, 0.3) is 0 Å². The highest BCUT2D eigenvalue weighted by Gasteiger charge is 1.94. The van der Waals surface area contributed by atoms with Crippen molar-refractivity contribution < 1.29 is 4.74 Å². The Morgan fingerprint density at radius 1 is 1.21 bits per heavy atom. The van der Waals surface area contributed by atoms with Gasteiger partial charge in [-0.2, -0.15) is 0 Å². The van der Waals surface area contributed by atoms with Gasteiger partial charge < -0.3 is 4.74 Å². The van der Waals surface area contributed by atoms with Crippen LogP contribution in [0.25, 0.3) is 0 Å². The van der Waals surface area contributed by atoms with Gasteiger partial charge in [-0.05, 0) is 24.1 Å². The van der Waals surface area contributed by atoms with E-state index in [0.717, 1.165) is 24.3 Å². The molecule has 0 N–H and O–H groups in total. The van der Waals surface area contributed by atoms with Crippen LogP contribution in [0.3, 0.4) is 0 Å². The molecule has 0 amide bonds. The summed E-state index contributed by atoms with van der Waals surface area (Å²) in [6.45, 7) is 2.99. The van der Waals surface area contributed by atoms with Crippen molar-refractivity contribution in [1.29, 1.82) is 0 Å². The van der Waals surface area contributed by atoms with Crippen LogP contribution in [-0.2, 0) is 0 Å². The minimum atomic E-state index is 0.803. The summed E-state index contributed by atoms with van der Waals surface area (Å²) in [5.74, 6) is 2.48. The molecule has 2 heteroatoms. The third-order valence-corrected chi connectivity index (χ3v) is 2.27. The van der Waals surface area contributed by atoms with E-state index in [4.69, 9.17) is 16.3 Å². The Labute approximate surface area is 91.0 Å². The molecular weight excluding hydrogens is 196 g/mol. The van der Waals surface area contributed by atoms with Crippen molar-refractivity contribution in [2.75, 3.05) is 6.61 Å². The largest absolute Gasteiger partial charge is 0.494 e. The van der Waals surface area contributed by atoms with Gasteiger partial charge in [0.2, 0.25) is 0 Å². The molecule has 0 fully saturated rings. The molecule has 0 aliphatic rings. The van der Waals surface area contributed by atoms with Gasteiger partial charge in [-0.3, -0.25) is 0 Å². The van der Waals surface area contributed by atoms with Crippen LogP contribution in [0.15, 0.2) is 24.3 Å². The van der Waals surface area contributed by atoms with Crippen LogP contribution in [0.1, 0.15) is 31.7 Å². The molecule has 0 aliphatic carbocycles. The average Bonchev–Trinajstić information content (AvgIpc) is 2.25. The molecule has 0 aromatic heterocycles. The van der Waals surface area contributed by atoms with Gasteiger partial charge in [0.15, 0.2) is 0 Å². The lowest BCUT2D eigenvalue weighted by atomic mass is 10.2. The third kappa shape index (κ3) is 4.01. The molecule has 0 aliphatic heterocycles. The zero-order chi connectivity index (χ0) is 10.2. The molecule has 1 rings (SSSR count). The van der Waals surface area contributed by atoms with Crippen LogP contribution < -0.4 is 4.74 Å². The Bertz CT molecular complexity index is 243. The maximum Gasteiger partial charge on any atom is 0.119 e. The number of hydrogen-bond donors (Lipinski definition) is 0. The Morgan fingerprint density at radius 3 is 2.50 bits per heavy atom. The first-order chi connectivity index (χ1) is 6.86. The van der Waals surface area contributed by atoms with Crippen LogP contribution in [0, 0.1) is 5.88 Å². The maximum atomic E-state index is 5.56. The van der Waals surface area contributed by atoms with Crippen LogP contribution in [-0.4, -0.2) is 6.61 Å². The lowest BCUT2D eigenvalue weighted by molar-refractivity contribution is 0.306. The highest BCUT2D eigenvalue weighted by atomic mass is 35.5. The number of hydrogen-bond acceptors (Lipinski definition) is 1. The fourth-order valence-electron chi connectivity index (χ4n) is 1.18. The van der Waals surface area contributed by atoms with E-state index in [2.05, 4.69) is 6.92 Å². The minimum absolute atomic E-state index is 0.803. The molecule has 77 valence electrons. The molecule has 1 radical (unpaired) electrons. The second-order valence-electron chi connectivity index (χ2n) is 3.23. The monoisotopic (exact) mass is 211 g/mol. The molecule has 0 spiro atoms. The fraction of sp³-hybridized carbons (Fsp3) is 0.417. The first kappa shape index (κ1) is 11.4. The SMILES string of the molecule is CCCCCOc1ccc([CH]Cl)cc1. The Hall–Kier alpha value is -0.690. The van der Waals surface area contributed by atoms with E-state index in [1.807, 2.05) is 24.3 Å². The topological polar surface area (TPSA) is 9.23 Å². The van der Waals surface area contributed by atoms with E-state index in [0.29, 0.717) is 0 Å².